The topological polar surface area (TPSA) is 27.0 Å². The van der Waals surface area contributed by atoms with Crippen LogP contribution >= 0.6 is 0 Å². The molecule has 1 heterocycles. The van der Waals surface area contributed by atoms with Crippen LogP contribution in [0.2, 0.25) is 0 Å². The van der Waals surface area contributed by atoms with Crippen LogP contribution in [0.3, 0.4) is 0 Å². The maximum absolute atomic E-state index is 13.6. The van der Waals surface area contributed by atoms with Gasteiger partial charge in [0.25, 0.3) is 0 Å². The molecule has 0 unspecified atom stereocenters. The Kier molecular flexibility index (Phi) is 4.62. The number of halogens is 1. The minimum Gasteiger partial charge on any atom is -0.375 e. The third-order valence-corrected chi connectivity index (χ3v) is 4.88. The zero-order valence-corrected chi connectivity index (χ0v) is 13.3. The molecule has 0 N–H and O–H groups in total. The van der Waals surface area contributed by atoms with E-state index >= 15 is 0 Å². The standard InChI is InChI=1S/C20H21FN2/c1-2-16-5-6-18(21)13-20(16)17-9-11-23(12-10-17)19-7-3-15(14-22)4-8-19/h2-3,5-7,13,17H,1,4,8-12H2. The Morgan fingerprint density at radius 2 is 2.00 bits per heavy atom. The van der Waals surface area contributed by atoms with Gasteiger partial charge in [-0.2, -0.15) is 5.26 Å². The number of nitrogens with zero attached hydrogens (tertiary/aromatic N) is 2. The summed E-state index contributed by atoms with van der Waals surface area (Å²) in [6, 6.07) is 7.22. The normalized spacial score (nSPS) is 18.9. The van der Waals surface area contributed by atoms with E-state index in [0.29, 0.717) is 5.92 Å². The summed E-state index contributed by atoms with van der Waals surface area (Å²) in [6.07, 6.45) is 9.67. The summed E-state index contributed by atoms with van der Waals surface area (Å²) in [5, 5.41) is 8.92. The second kappa shape index (κ2) is 6.83. The molecule has 0 amide bonds. The second-order valence-corrected chi connectivity index (χ2v) is 6.20. The van der Waals surface area contributed by atoms with Crippen molar-refractivity contribution >= 4 is 6.08 Å². The molecule has 1 saturated heterocycles. The van der Waals surface area contributed by atoms with E-state index < -0.39 is 0 Å². The Bertz CT molecular complexity index is 701. The van der Waals surface area contributed by atoms with Crippen LogP contribution in [0.5, 0.6) is 0 Å². The number of allylic oxidation sites excluding steroid dienone is 4. The predicted molar refractivity (Wildman–Crippen MR) is 91.1 cm³/mol. The Balaban J connectivity index is 1.69. The third kappa shape index (κ3) is 3.37. The van der Waals surface area contributed by atoms with E-state index in [2.05, 4.69) is 23.6 Å². The molecular formula is C20H21FN2. The van der Waals surface area contributed by atoms with Crippen molar-refractivity contribution in [3.8, 4) is 6.07 Å². The van der Waals surface area contributed by atoms with Crippen LogP contribution < -0.4 is 0 Å². The Hall–Kier alpha value is -2.34. The van der Waals surface area contributed by atoms with Crippen LogP contribution in [0, 0.1) is 17.1 Å². The van der Waals surface area contributed by atoms with Crippen LogP contribution in [-0.4, -0.2) is 18.0 Å². The molecule has 1 aliphatic carbocycles. The van der Waals surface area contributed by atoms with Gasteiger partial charge < -0.3 is 4.90 Å². The Morgan fingerprint density at radius 1 is 1.22 bits per heavy atom. The molecule has 1 aromatic rings. The highest BCUT2D eigenvalue weighted by molar-refractivity contribution is 5.53. The maximum Gasteiger partial charge on any atom is 0.123 e. The third-order valence-electron chi connectivity index (χ3n) is 4.88. The molecular weight excluding hydrogens is 287 g/mol. The average Bonchev–Trinajstić information content (AvgIpc) is 2.62. The molecule has 0 radical (unpaired) electrons. The van der Waals surface area contributed by atoms with Gasteiger partial charge in [-0.1, -0.05) is 18.7 Å². The lowest BCUT2D eigenvalue weighted by molar-refractivity contribution is 0.255. The van der Waals surface area contributed by atoms with Crippen molar-refractivity contribution in [1.29, 1.82) is 5.26 Å². The molecule has 0 spiro atoms. The van der Waals surface area contributed by atoms with Gasteiger partial charge in [-0.05, 0) is 67.0 Å². The van der Waals surface area contributed by atoms with E-state index in [1.807, 2.05) is 18.2 Å². The molecule has 0 bridgehead atoms. The largest absolute Gasteiger partial charge is 0.375 e. The number of likely N-dealkylation sites (tertiary alicyclic amines) is 1. The number of hydrogen-bond acceptors (Lipinski definition) is 2. The molecule has 0 aromatic heterocycles. The highest BCUT2D eigenvalue weighted by Gasteiger charge is 2.24. The van der Waals surface area contributed by atoms with Gasteiger partial charge in [-0.25, -0.2) is 4.39 Å². The first-order valence-corrected chi connectivity index (χ1v) is 8.18. The number of benzene rings is 1. The van der Waals surface area contributed by atoms with E-state index in [1.165, 1.54) is 11.8 Å². The van der Waals surface area contributed by atoms with Gasteiger partial charge in [0, 0.05) is 24.4 Å². The van der Waals surface area contributed by atoms with Gasteiger partial charge in [-0.3, -0.25) is 0 Å². The SMILES string of the molecule is C=Cc1ccc(F)cc1C1CCN(C2=CC=C(C#N)CC2)CC1. The lowest BCUT2D eigenvalue weighted by Crippen LogP contribution is -2.33. The summed E-state index contributed by atoms with van der Waals surface area (Å²) in [5.41, 5.74) is 4.32. The molecule has 2 nitrogen and oxygen atoms in total. The highest BCUT2D eigenvalue weighted by atomic mass is 19.1. The van der Waals surface area contributed by atoms with Gasteiger partial charge in [-0.15, -0.1) is 0 Å². The number of rotatable bonds is 3. The van der Waals surface area contributed by atoms with Crippen molar-refractivity contribution in [2.75, 3.05) is 13.1 Å². The number of hydrogen-bond donors (Lipinski definition) is 0. The minimum atomic E-state index is -0.169. The first-order chi connectivity index (χ1) is 11.2. The van der Waals surface area contributed by atoms with Crippen LogP contribution in [0.25, 0.3) is 6.08 Å². The average molecular weight is 308 g/mol. The fraction of sp³-hybridized carbons (Fsp3) is 0.350. The van der Waals surface area contributed by atoms with Gasteiger partial charge in [0.15, 0.2) is 0 Å². The number of piperidine rings is 1. The monoisotopic (exact) mass is 308 g/mol. The lowest BCUT2D eigenvalue weighted by atomic mass is 9.86. The van der Waals surface area contributed by atoms with Gasteiger partial charge in [0.2, 0.25) is 0 Å². The number of nitriles is 1. The molecule has 23 heavy (non-hydrogen) atoms. The van der Waals surface area contributed by atoms with Gasteiger partial charge >= 0.3 is 0 Å². The maximum atomic E-state index is 13.6. The van der Waals surface area contributed by atoms with Gasteiger partial charge in [0.1, 0.15) is 5.82 Å². The minimum absolute atomic E-state index is 0.169. The van der Waals surface area contributed by atoms with E-state index in [9.17, 15) is 4.39 Å². The zero-order valence-electron chi connectivity index (χ0n) is 13.3. The Labute approximate surface area is 137 Å². The Morgan fingerprint density at radius 3 is 2.61 bits per heavy atom. The van der Waals surface area contributed by atoms with Crippen molar-refractivity contribution in [1.82, 2.24) is 4.90 Å². The molecule has 118 valence electrons. The van der Waals surface area contributed by atoms with Crippen molar-refractivity contribution in [2.45, 2.75) is 31.6 Å². The summed E-state index contributed by atoms with van der Waals surface area (Å²) in [6.45, 7) is 5.82. The van der Waals surface area contributed by atoms with Crippen LogP contribution in [0.15, 0.2) is 48.2 Å². The van der Waals surface area contributed by atoms with Crippen molar-refractivity contribution < 1.29 is 4.39 Å². The zero-order chi connectivity index (χ0) is 16.2. The molecule has 2 aliphatic rings. The van der Waals surface area contributed by atoms with Crippen molar-refractivity contribution in [3.05, 3.63) is 65.1 Å². The lowest BCUT2D eigenvalue weighted by Gasteiger charge is -2.36. The quantitative estimate of drug-likeness (QED) is 0.804. The molecule has 1 aromatic carbocycles. The van der Waals surface area contributed by atoms with E-state index in [1.54, 1.807) is 6.07 Å². The summed E-state index contributed by atoms with van der Waals surface area (Å²) < 4.78 is 13.6. The highest BCUT2D eigenvalue weighted by Crippen LogP contribution is 2.34. The molecule has 3 heteroatoms. The first-order valence-electron chi connectivity index (χ1n) is 8.18. The van der Waals surface area contributed by atoms with E-state index in [4.69, 9.17) is 5.26 Å². The van der Waals surface area contributed by atoms with E-state index in [-0.39, 0.29) is 5.82 Å². The molecule has 3 rings (SSSR count). The summed E-state index contributed by atoms with van der Waals surface area (Å²) in [5.74, 6) is 0.224. The molecule has 1 aliphatic heterocycles. The molecule has 0 saturated carbocycles. The first kappa shape index (κ1) is 15.6. The smallest absolute Gasteiger partial charge is 0.123 e. The fourth-order valence-electron chi connectivity index (χ4n) is 3.55. The second-order valence-electron chi connectivity index (χ2n) is 6.20. The predicted octanol–water partition coefficient (Wildman–Crippen LogP) is 4.78. The summed E-state index contributed by atoms with van der Waals surface area (Å²) in [7, 11) is 0. The van der Waals surface area contributed by atoms with Crippen LogP contribution in [0.1, 0.15) is 42.7 Å². The van der Waals surface area contributed by atoms with Crippen LogP contribution in [-0.2, 0) is 0 Å². The van der Waals surface area contributed by atoms with Gasteiger partial charge in [0.05, 0.1) is 6.07 Å². The summed E-state index contributed by atoms with van der Waals surface area (Å²) in [4.78, 5) is 2.41. The van der Waals surface area contributed by atoms with Crippen LogP contribution in [0.4, 0.5) is 4.39 Å². The van der Waals surface area contributed by atoms with E-state index in [0.717, 1.165) is 55.5 Å². The summed E-state index contributed by atoms with van der Waals surface area (Å²) >= 11 is 0. The molecule has 1 fully saturated rings. The fourth-order valence-corrected chi connectivity index (χ4v) is 3.55. The van der Waals surface area contributed by atoms with Crippen molar-refractivity contribution in [2.24, 2.45) is 0 Å². The van der Waals surface area contributed by atoms with Crippen molar-refractivity contribution in [3.63, 3.8) is 0 Å². The molecule has 0 atom stereocenters.